The molecule has 1 heteroatoms. The van der Waals surface area contributed by atoms with Crippen LogP contribution in [0.1, 0.15) is 19.8 Å². The third kappa shape index (κ3) is 4.73. The highest BCUT2D eigenvalue weighted by Crippen LogP contribution is 2.17. The zero-order valence-corrected chi connectivity index (χ0v) is 10.6. The topological polar surface area (TPSA) is 12.0 Å². The van der Waals surface area contributed by atoms with Gasteiger partial charge in [-0.15, -0.1) is 0 Å². The number of allylic oxidation sites excluding steroid dienone is 2. The standard InChI is InChI=1S/C16H21N/c1-5-14(4)11-12-16(13(2)3)17-15-9-7-6-8-10-15/h5-10,16-17H,1-2,4,11-12H2,3H3. The summed E-state index contributed by atoms with van der Waals surface area (Å²) in [5.74, 6) is 0. The number of anilines is 1. The summed E-state index contributed by atoms with van der Waals surface area (Å²) in [4.78, 5) is 0. The number of hydrogen-bond acceptors (Lipinski definition) is 1. The first-order valence-electron chi connectivity index (χ1n) is 5.90. The van der Waals surface area contributed by atoms with Crippen molar-refractivity contribution in [1.82, 2.24) is 0 Å². The summed E-state index contributed by atoms with van der Waals surface area (Å²) in [6.45, 7) is 13.8. The fraction of sp³-hybridized carbons (Fsp3) is 0.250. The molecule has 0 aliphatic rings. The molecule has 1 aromatic carbocycles. The van der Waals surface area contributed by atoms with Gasteiger partial charge in [-0.3, -0.25) is 0 Å². The predicted octanol–water partition coefficient (Wildman–Crippen LogP) is 4.57. The van der Waals surface area contributed by atoms with Crippen molar-refractivity contribution < 1.29 is 0 Å². The van der Waals surface area contributed by atoms with E-state index in [4.69, 9.17) is 0 Å². The van der Waals surface area contributed by atoms with Gasteiger partial charge in [-0.2, -0.15) is 0 Å². The highest BCUT2D eigenvalue weighted by Gasteiger charge is 2.08. The summed E-state index contributed by atoms with van der Waals surface area (Å²) in [5.41, 5.74) is 3.35. The van der Waals surface area contributed by atoms with Crippen LogP contribution in [0.5, 0.6) is 0 Å². The van der Waals surface area contributed by atoms with Crippen LogP contribution in [0.15, 0.2) is 67.3 Å². The summed E-state index contributed by atoms with van der Waals surface area (Å²) in [5, 5.41) is 3.48. The second kappa shape index (κ2) is 6.74. The van der Waals surface area contributed by atoms with Crippen LogP contribution in [0.3, 0.4) is 0 Å². The minimum atomic E-state index is 0.286. The number of nitrogens with one attached hydrogen (secondary N) is 1. The lowest BCUT2D eigenvalue weighted by atomic mass is 10.0. The molecule has 0 saturated carbocycles. The van der Waals surface area contributed by atoms with Crippen molar-refractivity contribution in [2.24, 2.45) is 0 Å². The van der Waals surface area contributed by atoms with Crippen molar-refractivity contribution >= 4 is 5.69 Å². The minimum Gasteiger partial charge on any atom is -0.379 e. The Morgan fingerprint density at radius 3 is 2.47 bits per heavy atom. The van der Waals surface area contributed by atoms with Gasteiger partial charge in [0.2, 0.25) is 0 Å². The molecule has 0 radical (unpaired) electrons. The average Bonchev–Trinajstić information content (AvgIpc) is 2.34. The maximum Gasteiger partial charge on any atom is 0.0471 e. The largest absolute Gasteiger partial charge is 0.379 e. The Balaban J connectivity index is 2.58. The number of hydrogen-bond donors (Lipinski definition) is 1. The van der Waals surface area contributed by atoms with E-state index in [0.29, 0.717) is 0 Å². The maximum absolute atomic E-state index is 4.04. The molecular formula is C16H21N. The van der Waals surface area contributed by atoms with E-state index in [-0.39, 0.29) is 6.04 Å². The molecule has 0 bridgehead atoms. The smallest absolute Gasteiger partial charge is 0.0471 e. The van der Waals surface area contributed by atoms with Crippen LogP contribution in [0.2, 0.25) is 0 Å². The molecule has 0 aromatic heterocycles. The molecule has 90 valence electrons. The van der Waals surface area contributed by atoms with Crippen LogP contribution in [-0.2, 0) is 0 Å². The lowest BCUT2D eigenvalue weighted by Gasteiger charge is -2.20. The van der Waals surface area contributed by atoms with Crippen molar-refractivity contribution in [2.45, 2.75) is 25.8 Å². The molecule has 0 aliphatic heterocycles. The summed E-state index contributed by atoms with van der Waals surface area (Å²) in [6, 6.07) is 10.5. The molecule has 0 amide bonds. The quantitative estimate of drug-likeness (QED) is 0.531. The second-order valence-electron chi connectivity index (χ2n) is 4.31. The van der Waals surface area contributed by atoms with Gasteiger partial charge >= 0.3 is 0 Å². The van der Waals surface area contributed by atoms with Crippen LogP contribution >= 0.6 is 0 Å². The first-order chi connectivity index (χ1) is 8.13. The minimum absolute atomic E-state index is 0.286. The van der Waals surface area contributed by atoms with E-state index in [2.05, 4.69) is 44.1 Å². The normalized spacial score (nSPS) is 11.6. The SMILES string of the molecule is C=CC(=C)CCC(Nc1ccccc1)C(=C)C. The van der Waals surface area contributed by atoms with Crippen LogP contribution < -0.4 is 5.32 Å². The molecule has 1 unspecified atom stereocenters. The molecule has 1 N–H and O–H groups in total. The molecule has 0 heterocycles. The van der Waals surface area contributed by atoms with E-state index in [1.165, 1.54) is 0 Å². The van der Waals surface area contributed by atoms with Gasteiger partial charge in [0.1, 0.15) is 0 Å². The molecule has 1 nitrogen and oxygen atoms in total. The van der Waals surface area contributed by atoms with Crippen LogP contribution in [0, 0.1) is 0 Å². The van der Waals surface area contributed by atoms with Gasteiger partial charge < -0.3 is 5.32 Å². The summed E-state index contributed by atoms with van der Waals surface area (Å²) >= 11 is 0. The van der Waals surface area contributed by atoms with Crippen molar-refractivity contribution in [3.05, 3.63) is 67.3 Å². The van der Waals surface area contributed by atoms with Crippen molar-refractivity contribution in [3.8, 4) is 0 Å². The van der Waals surface area contributed by atoms with Crippen LogP contribution in [0.25, 0.3) is 0 Å². The summed E-state index contributed by atoms with van der Waals surface area (Å²) in [6.07, 6.45) is 3.76. The molecule has 17 heavy (non-hydrogen) atoms. The van der Waals surface area contributed by atoms with E-state index in [1.54, 1.807) is 0 Å². The second-order valence-corrected chi connectivity index (χ2v) is 4.31. The molecule has 0 spiro atoms. The highest BCUT2D eigenvalue weighted by atomic mass is 14.9. The zero-order valence-electron chi connectivity index (χ0n) is 10.6. The Morgan fingerprint density at radius 2 is 1.94 bits per heavy atom. The van der Waals surface area contributed by atoms with Gasteiger partial charge in [0.25, 0.3) is 0 Å². The maximum atomic E-state index is 4.04. The average molecular weight is 227 g/mol. The van der Waals surface area contributed by atoms with Crippen molar-refractivity contribution in [2.75, 3.05) is 5.32 Å². The number of benzene rings is 1. The summed E-state index contributed by atoms with van der Waals surface area (Å²) < 4.78 is 0. The molecule has 1 atom stereocenters. The van der Waals surface area contributed by atoms with Gasteiger partial charge in [0.15, 0.2) is 0 Å². The number of para-hydroxylation sites is 1. The van der Waals surface area contributed by atoms with E-state index >= 15 is 0 Å². The van der Waals surface area contributed by atoms with Crippen LogP contribution in [-0.4, -0.2) is 6.04 Å². The third-order valence-electron chi connectivity index (χ3n) is 2.75. The number of rotatable bonds is 7. The molecule has 0 saturated heterocycles. The van der Waals surface area contributed by atoms with Crippen LogP contribution in [0.4, 0.5) is 5.69 Å². The van der Waals surface area contributed by atoms with E-state index in [0.717, 1.165) is 29.7 Å². The van der Waals surface area contributed by atoms with Gasteiger partial charge in [0.05, 0.1) is 0 Å². The van der Waals surface area contributed by atoms with Crippen molar-refractivity contribution in [1.29, 1.82) is 0 Å². The molecule has 0 fully saturated rings. The third-order valence-corrected chi connectivity index (χ3v) is 2.75. The lowest BCUT2D eigenvalue weighted by molar-refractivity contribution is 0.732. The van der Waals surface area contributed by atoms with E-state index in [9.17, 15) is 0 Å². The van der Waals surface area contributed by atoms with Crippen molar-refractivity contribution in [3.63, 3.8) is 0 Å². The fourth-order valence-electron chi connectivity index (χ4n) is 1.61. The van der Waals surface area contributed by atoms with Gasteiger partial charge in [-0.05, 0) is 31.9 Å². The first kappa shape index (κ1) is 13.3. The molecular weight excluding hydrogens is 206 g/mol. The predicted molar refractivity (Wildman–Crippen MR) is 77.2 cm³/mol. The molecule has 0 aliphatic carbocycles. The Labute approximate surface area is 105 Å². The Bertz CT molecular complexity index is 389. The summed E-state index contributed by atoms with van der Waals surface area (Å²) in [7, 11) is 0. The first-order valence-corrected chi connectivity index (χ1v) is 5.90. The Morgan fingerprint density at radius 1 is 1.29 bits per heavy atom. The lowest BCUT2D eigenvalue weighted by Crippen LogP contribution is -2.20. The zero-order chi connectivity index (χ0) is 12.7. The van der Waals surface area contributed by atoms with Gasteiger partial charge in [0, 0.05) is 11.7 Å². The molecule has 1 rings (SSSR count). The van der Waals surface area contributed by atoms with E-state index < -0.39 is 0 Å². The monoisotopic (exact) mass is 227 g/mol. The highest BCUT2D eigenvalue weighted by molar-refractivity contribution is 5.45. The Hall–Kier alpha value is -1.76. The van der Waals surface area contributed by atoms with Gasteiger partial charge in [-0.25, -0.2) is 0 Å². The van der Waals surface area contributed by atoms with Gasteiger partial charge in [-0.1, -0.05) is 55.2 Å². The fourth-order valence-corrected chi connectivity index (χ4v) is 1.61. The molecule has 1 aromatic rings. The Kier molecular flexibility index (Phi) is 5.28. The van der Waals surface area contributed by atoms with E-state index in [1.807, 2.05) is 24.3 Å².